The standard InChI is InChI=1S/C12H16ClFO/c1-4-7(2)12(15)10-9(14)6-5-8(3)11(10)13/h5-7,12,15H,4H2,1-3H3. The molecular weight excluding hydrogens is 215 g/mol. The summed E-state index contributed by atoms with van der Waals surface area (Å²) in [5, 5.41) is 10.3. The molecule has 2 atom stereocenters. The van der Waals surface area contributed by atoms with E-state index < -0.39 is 11.9 Å². The molecule has 0 amide bonds. The highest BCUT2D eigenvalue weighted by Crippen LogP contribution is 2.33. The lowest BCUT2D eigenvalue weighted by Gasteiger charge is -2.20. The number of benzene rings is 1. The van der Waals surface area contributed by atoms with Crippen LogP contribution < -0.4 is 0 Å². The molecule has 15 heavy (non-hydrogen) atoms. The fourth-order valence-electron chi connectivity index (χ4n) is 1.46. The number of aliphatic hydroxyl groups is 1. The van der Waals surface area contributed by atoms with Crippen molar-refractivity contribution in [3.63, 3.8) is 0 Å². The summed E-state index contributed by atoms with van der Waals surface area (Å²) < 4.78 is 13.5. The molecule has 0 aliphatic heterocycles. The quantitative estimate of drug-likeness (QED) is 0.836. The first kappa shape index (κ1) is 12.5. The van der Waals surface area contributed by atoms with Crippen molar-refractivity contribution in [1.82, 2.24) is 0 Å². The Morgan fingerprint density at radius 2 is 2.07 bits per heavy atom. The van der Waals surface area contributed by atoms with Crippen molar-refractivity contribution in [3.05, 3.63) is 34.1 Å². The van der Waals surface area contributed by atoms with E-state index in [-0.39, 0.29) is 11.5 Å². The average Bonchev–Trinajstić information content (AvgIpc) is 2.22. The minimum absolute atomic E-state index is 0.00111. The highest BCUT2D eigenvalue weighted by molar-refractivity contribution is 6.32. The van der Waals surface area contributed by atoms with E-state index in [2.05, 4.69) is 0 Å². The second-order valence-electron chi connectivity index (χ2n) is 3.92. The van der Waals surface area contributed by atoms with Crippen LogP contribution in [0.4, 0.5) is 4.39 Å². The summed E-state index contributed by atoms with van der Waals surface area (Å²) in [6.07, 6.45) is -0.0485. The van der Waals surface area contributed by atoms with Crippen LogP contribution in [-0.2, 0) is 0 Å². The van der Waals surface area contributed by atoms with Gasteiger partial charge in [-0.3, -0.25) is 0 Å². The smallest absolute Gasteiger partial charge is 0.130 e. The van der Waals surface area contributed by atoms with Crippen molar-refractivity contribution < 1.29 is 9.50 Å². The Bertz CT molecular complexity index is 352. The number of halogens is 2. The zero-order valence-corrected chi connectivity index (χ0v) is 9.98. The van der Waals surface area contributed by atoms with Gasteiger partial charge in [-0.1, -0.05) is 37.9 Å². The monoisotopic (exact) mass is 230 g/mol. The van der Waals surface area contributed by atoms with Gasteiger partial charge in [-0.2, -0.15) is 0 Å². The third kappa shape index (κ3) is 2.50. The number of rotatable bonds is 3. The van der Waals surface area contributed by atoms with Gasteiger partial charge in [0.2, 0.25) is 0 Å². The molecule has 1 nitrogen and oxygen atoms in total. The fraction of sp³-hybridized carbons (Fsp3) is 0.500. The molecule has 0 spiro atoms. The second kappa shape index (κ2) is 4.95. The third-order valence-corrected chi connectivity index (χ3v) is 3.30. The summed E-state index contributed by atoms with van der Waals surface area (Å²) in [6.45, 7) is 5.63. The summed E-state index contributed by atoms with van der Waals surface area (Å²) in [5.41, 5.74) is 1.02. The van der Waals surface area contributed by atoms with Gasteiger partial charge in [-0.15, -0.1) is 0 Å². The Kier molecular flexibility index (Phi) is 4.12. The van der Waals surface area contributed by atoms with E-state index >= 15 is 0 Å². The number of aliphatic hydroxyl groups excluding tert-OH is 1. The molecule has 84 valence electrons. The molecule has 0 aliphatic carbocycles. The van der Waals surface area contributed by atoms with E-state index in [9.17, 15) is 9.50 Å². The molecule has 0 saturated carbocycles. The van der Waals surface area contributed by atoms with Crippen LogP contribution in [0.15, 0.2) is 12.1 Å². The number of aryl methyl sites for hydroxylation is 1. The molecule has 0 bridgehead atoms. The Balaban J connectivity index is 3.18. The van der Waals surface area contributed by atoms with Crippen molar-refractivity contribution in [2.24, 2.45) is 5.92 Å². The van der Waals surface area contributed by atoms with Crippen LogP contribution in [0.1, 0.15) is 37.5 Å². The Morgan fingerprint density at radius 3 is 2.60 bits per heavy atom. The van der Waals surface area contributed by atoms with E-state index in [0.29, 0.717) is 5.02 Å². The summed E-state index contributed by atoms with van der Waals surface area (Å²) in [4.78, 5) is 0. The van der Waals surface area contributed by atoms with E-state index in [0.717, 1.165) is 12.0 Å². The van der Waals surface area contributed by atoms with Crippen LogP contribution in [0.2, 0.25) is 5.02 Å². The predicted octanol–water partition coefficient (Wildman–Crippen LogP) is 3.87. The van der Waals surface area contributed by atoms with Gasteiger partial charge in [-0.05, 0) is 24.5 Å². The van der Waals surface area contributed by atoms with E-state index in [1.54, 1.807) is 13.0 Å². The van der Waals surface area contributed by atoms with Crippen LogP contribution in [0.25, 0.3) is 0 Å². The maximum atomic E-state index is 13.5. The third-order valence-electron chi connectivity index (χ3n) is 2.80. The van der Waals surface area contributed by atoms with Crippen molar-refractivity contribution in [3.8, 4) is 0 Å². The van der Waals surface area contributed by atoms with Crippen molar-refractivity contribution in [1.29, 1.82) is 0 Å². The molecule has 3 heteroatoms. The molecule has 1 aromatic rings. The Morgan fingerprint density at radius 1 is 1.47 bits per heavy atom. The van der Waals surface area contributed by atoms with Crippen LogP contribution in [0.3, 0.4) is 0 Å². The largest absolute Gasteiger partial charge is 0.388 e. The molecule has 1 rings (SSSR count). The van der Waals surface area contributed by atoms with Gasteiger partial charge in [-0.25, -0.2) is 4.39 Å². The molecule has 0 radical (unpaired) electrons. The van der Waals surface area contributed by atoms with Crippen LogP contribution in [0.5, 0.6) is 0 Å². The lowest BCUT2D eigenvalue weighted by atomic mass is 9.94. The van der Waals surface area contributed by atoms with E-state index in [4.69, 9.17) is 11.6 Å². The van der Waals surface area contributed by atoms with Crippen molar-refractivity contribution in [2.45, 2.75) is 33.3 Å². The predicted molar refractivity (Wildman–Crippen MR) is 60.6 cm³/mol. The van der Waals surface area contributed by atoms with Crippen LogP contribution >= 0.6 is 11.6 Å². The highest BCUT2D eigenvalue weighted by atomic mass is 35.5. The Hall–Kier alpha value is -0.600. The average molecular weight is 231 g/mol. The highest BCUT2D eigenvalue weighted by Gasteiger charge is 2.22. The molecule has 1 N–H and O–H groups in total. The maximum absolute atomic E-state index is 13.5. The zero-order chi connectivity index (χ0) is 11.6. The van der Waals surface area contributed by atoms with Gasteiger partial charge in [0, 0.05) is 5.56 Å². The SMILES string of the molecule is CCC(C)C(O)c1c(F)ccc(C)c1Cl. The molecule has 0 aliphatic rings. The lowest BCUT2D eigenvalue weighted by Crippen LogP contribution is -2.11. The second-order valence-corrected chi connectivity index (χ2v) is 4.30. The lowest BCUT2D eigenvalue weighted by molar-refractivity contribution is 0.112. The molecule has 0 saturated heterocycles. The zero-order valence-electron chi connectivity index (χ0n) is 9.22. The molecule has 1 aromatic carbocycles. The minimum Gasteiger partial charge on any atom is -0.388 e. The summed E-state index contributed by atoms with van der Waals surface area (Å²) >= 11 is 5.99. The summed E-state index contributed by atoms with van der Waals surface area (Å²) in [7, 11) is 0. The van der Waals surface area contributed by atoms with Gasteiger partial charge in [0.25, 0.3) is 0 Å². The molecule has 0 heterocycles. The van der Waals surface area contributed by atoms with E-state index in [1.807, 2.05) is 13.8 Å². The van der Waals surface area contributed by atoms with Crippen molar-refractivity contribution >= 4 is 11.6 Å². The maximum Gasteiger partial charge on any atom is 0.130 e. The van der Waals surface area contributed by atoms with Crippen LogP contribution in [0, 0.1) is 18.7 Å². The first-order chi connectivity index (χ1) is 6.99. The van der Waals surface area contributed by atoms with Crippen molar-refractivity contribution in [2.75, 3.05) is 0 Å². The van der Waals surface area contributed by atoms with E-state index in [1.165, 1.54) is 6.07 Å². The van der Waals surface area contributed by atoms with Gasteiger partial charge in [0.15, 0.2) is 0 Å². The summed E-state index contributed by atoms with van der Waals surface area (Å²) in [6, 6.07) is 2.96. The van der Waals surface area contributed by atoms with Gasteiger partial charge < -0.3 is 5.11 Å². The first-order valence-electron chi connectivity index (χ1n) is 5.11. The molecule has 0 aromatic heterocycles. The summed E-state index contributed by atoms with van der Waals surface area (Å²) in [5.74, 6) is -0.433. The minimum atomic E-state index is -0.831. The molecule has 2 unspecified atom stereocenters. The Labute approximate surface area is 94.9 Å². The fourth-order valence-corrected chi connectivity index (χ4v) is 1.72. The number of hydrogen-bond donors (Lipinski definition) is 1. The number of hydrogen-bond acceptors (Lipinski definition) is 1. The van der Waals surface area contributed by atoms with Gasteiger partial charge in [0.05, 0.1) is 11.1 Å². The first-order valence-corrected chi connectivity index (χ1v) is 5.49. The van der Waals surface area contributed by atoms with Gasteiger partial charge in [0.1, 0.15) is 5.82 Å². The topological polar surface area (TPSA) is 20.2 Å². The molecular formula is C12H16ClFO. The molecule has 0 fully saturated rings. The van der Waals surface area contributed by atoms with Crippen LogP contribution in [-0.4, -0.2) is 5.11 Å². The van der Waals surface area contributed by atoms with Gasteiger partial charge >= 0.3 is 0 Å². The normalized spacial score (nSPS) is 15.1.